The third kappa shape index (κ3) is 4.30. The van der Waals surface area contributed by atoms with Crippen molar-refractivity contribution in [1.29, 1.82) is 0 Å². The third-order valence-electron chi connectivity index (χ3n) is 5.07. The van der Waals surface area contributed by atoms with Gasteiger partial charge in [-0.05, 0) is 23.6 Å². The van der Waals surface area contributed by atoms with Gasteiger partial charge in [-0.15, -0.1) is 0 Å². The average molecular weight is 381 g/mol. The van der Waals surface area contributed by atoms with Crippen LogP contribution in [0.1, 0.15) is 37.3 Å². The number of amides is 2. The summed E-state index contributed by atoms with van der Waals surface area (Å²) in [6.07, 6.45) is 3.64. The van der Waals surface area contributed by atoms with Crippen molar-refractivity contribution in [2.45, 2.75) is 32.7 Å². The van der Waals surface area contributed by atoms with Crippen molar-refractivity contribution in [3.8, 4) is 0 Å². The lowest BCUT2D eigenvalue weighted by Crippen LogP contribution is -2.34. The van der Waals surface area contributed by atoms with Crippen LogP contribution in [0.4, 0.5) is 11.6 Å². The van der Waals surface area contributed by atoms with E-state index in [1.807, 2.05) is 24.3 Å². The maximum atomic E-state index is 12.8. The van der Waals surface area contributed by atoms with Gasteiger partial charge in [0.15, 0.2) is 0 Å². The molecule has 0 saturated carbocycles. The Balaban J connectivity index is 1.63. The van der Waals surface area contributed by atoms with E-state index in [0.29, 0.717) is 25.0 Å². The number of carbonyl (C=O) groups excluding carboxylic acids is 2. The van der Waals surface area contributed by atoms with E-state index < -0.39 is 0 Å². The fourth-order valence-corrected chi connectivity index (χ4v) is 3.39. The number of aromatic nitrogens is 2. The first-order valence-electron chi connectivity index (χ1n) is 9.53. The number of benzene rings is 1. The summed E-state index contributed by atoms with van der Waals surface area (Å²) in [6, 6.07) is 8.02. The molecule has 148 valence electrons. The Morgan fingerprint density at radius 1 is 1.25 bits per heavy atom. The molecule has 7 nitrogen and oxygen atoms in total. The largest absolute Gasteiger partial charge is 0.357 e. The molecule has 1 saturated heterocycles. The van der Waals surface area contributed by atoms with E-state index in [4.69, 9.17) is 0 Å². The second kappa shape index (κ2) is 8.37. The molecule has 1 aliphatic heterocycles. The van der Waals surface area contributed by atoms with Gasteiger partial charge in [-0.2, -0.15) is 0 Å². The molecule has 1 N–H and O–H groups in total. The van der Waals surface area contributed by atoms with Crippen molar-refractivity contribution < 1.29 is 9.59 Å². The zero-order valence-corrected chi connectivity index (χ0v) is 16.8. The van der Waals surface area contributed by atoms with Crippen LogP contribution in [0.2, 0.25) is 0 Å². The van der Waals surface area contributed by atoms with Gasteiger partial charge >= 0.3 is 0 Å². The predicted molar refractivity (Wildman–Crippen MR) is 109 cm³/mol. The number of hydrogen-bond donors (Lipinski definition) is 1. The van der Waals surface area contributed by atoms with Crippen LogP contribution in [-0.2, 0) is 16.1 Å². The van der Waals surface area contributed by atoms with Crippen molar-refractivity contribution >= 4 is 23.5 Å². The van der Waals surface area contributed by atoms with E-state index >= 15 is 0 Å². The number of hydrogen-bond acceptors (Lipinski definition) is 5. The molecule has 2 amide bonds. The lowest BCUT2D eigenvalue weighted by molar-refractivity contribution is -0.135. The summed E-state index contributed by atoms with van der Waals surface area (Å²) in [5.41, 5.74) is 2.93. The Labute approximate surface area is 165 Å². The van der Waals surface area contributed by atoms with E-state index in [2.05, 4.69) is 29.1 Å². The van der Waals surface area contributed by atoms with Crippen molar-refractivity contribution in [3.63, 3.8) is 0 Å². The zero-order valence-electron chi connectivity index (χ0n) is 16.8. The Bertz CT molecular complexity index is 833. The molecule has 1 aromatic carbocycles. The highest BCUT2D eigenvalue weighted by Crippen LogP contribution is 2.28. The number of carbonyl (C=O) groups is 2. The minimum Gasteiger partial charge on any atom is -0.357 e. The van der Waals surface area contributed by atoms with E-state index in [-0.39, 0.29) is 24.2 Å². The number of nitrogens with one attached hydrogen (secondary N) is 1. The molecule has 2 heterocycles. The van der Waals surface area contributed by atoms with Crippen LogP contribution in [0.25, 0.3) is 0 Å². The SMILES string of the molecule is CNc1ncc(CN(C)C(=O)[C@H]2CC(=O)N(c3ccc(C(C)C)cc3)C2)cn1. The number of rotatable bonds is 6. The van der Waals surface area contributed by atoms with Crippen LogP contribution in [0.15, 0.2) is 36.7 Å². The van der Waals surface area contributed by atoms with Gasteiger partial charge in [0.05, 0.1) is 5.92 Å². The van der Waals surface area contributed by atoms with Crippen LogP contribution in [0, 0.1) is 5.92 Å². The molecule has 0 unspecified atom stereocenters. The molecule has 0 aliphatic carbocycles. The summed E-state index contributed by atoms with van der Waals surface area (Å²) in [5.74, 6) is 0.605. The van der Waals surface area contributed by atoms with E-state index in [1.54, 1.807) is 36.3 Å². The lowest BCUT2D eigenvalue weighted by atomic mass is 10.0. The highest BCUT2D eigenvalue weighted by atomic mass is 16.2. The predicted octanol–water partition coefficient (Wildman–Crippen LogP) is 2.65. The smallest absolute Gasteiger partial charge is 0.228 e. The van der Waals surface area contributed by atoms with Crippen molar-refractivity contribution in [2.24, 2.45) is 5.92 Å². The van der Waals surface area contributed by atoms with Gasteiger partial charge in [0.2, 0.25) is 17.8 Å². The van der Waals surface area contributed by atoms with Crippen molar-refractivity contribution in [1.82, 2.24) is 14.9 Å². The Hall–Kier alpha value is -2.96. The van der Waals surface area contributed by atoms with E-state index in [9.17, 15) is 9.59 Å². The molecule has 2 aromatic rings. The Morgan fingerprint density at radius 3 is 2.46 bits per heavy atom. The highest BCUT2D eigenvalue weighted by molar-refractivity contribution is 6.00. The van der Waals surface area contributed by atoms with Gasteiger partial charge in [-0.3, -0.25) is 9.59 Å². The maximum Gasteiger partial charge on any atom is 0.228 e. The first kappa shape index (κ1) is 19.8. The highest BCUT2D eigenvalue weighted by Gasteiger charge is 2.36. The molecule has 0 spiro atoms. The molecular weight excluding hydrogens is 354 g/mol. The van der Waals surface area contributed by atoms with Crippen LogP contribution in [0.5, 0.6) is 0 Å². The van der Waals surface area contributed by atoms with Gasteiger partial charge in [-0.25, -0.2) is 9.97 Å². The van der Waals surface area contributed by atoms with E-state index in [1.165, 1.54) is 5.56 Å². The minimum atomic E-state index is -0.334. The van der Waals surface area contributed by atoms with Crippen molar-refractivity contribution in [2.75, 3.05) is 30.9 Å². The Morgan fingerprint density at radius 2 is 1.89 bits per heavy atom. The summed E-state index contributed by atoms with van der Waals surface area (Å²) in [5, 5.41) is 2.86. The molecule has 3 rings (SSSR count). The topological polar surface area (TPSA) is 78.4 Å². The Kier molecular flexibility index (Phi) is 5.92. The molecule has 28 heavy (non-hydrogen) atoms. The number of anilines is 2. The van der Waals surface area contributed by atoms with Crippen LogP contribution in [-0.4, -0.2) is 47.3 Å². The number of nitrogens with zero attached hydrogens (tertiary/aromatic N) is 4. The van der Waals surface area contributed by atoms with E-state index in [0.717, 1.165) is 11.3 Å². The minimum absolute atomic E-state index is 0.00856. The monoisotopic (exact) mass is 381 g/mol. The summed E-state index contributed by atoms with van der Waals surface area (Å²) in [7, 11) is 3.50. The molecular formula is C21H27N5O2. The first-order valence-corrected chi connectivity index (χ1v) is 9.53. The molecule has 1 aromatic heterocycles. The van der Waals surface area contributed by atoms with Crippen LogP contribution >= 0.6 is 0 Å². The zero-order chi connectivity index (χ0) is 20.3. The van der Waals surface area contributed by atoms with Crippen LogP contribution < -0.4 is 10.2 Å². The third-order valence-corrected chi connectivity index (χ3v) is 5.07. The molecule has 1 atom stereocenters. The normalized spacial score (nSPS) is 16.5. The maximum absolute atomic E-state index is 12.8. The molecule has 0 radical (unpaired) electrons. The molecule has 0 bridgehead atoms. The van der Waals surface area contributed by atoms with Gasteiger partial charge in [0.25, 0.3) is 0 Å². The summed E-state index contributed by atoms with van der Waals surface area (Å²) >= 11 is 0. The van der Waals surface area contributed by atoms with Gasteiger partial charge in [0, 0.05) is 57.3 Å². The first-order chi connectivity index (χ1) is 13.4. The van der Waals surface area contributed by atoms with Crippen molar-refractivity contribution in [3.05, 3.63) is 47.8 Å². The fraction of sp³-hybridized carbons (Fsp3) is 0.429. The summed E-state index contributed by atoms with van der Waals surface area (Å²) < 4.78 is 0. The van der Waals surface area contributed by atoms with Gasteiger partial charge < -0.3 is 15.1 Å². The lowest BCUT2D eigenvalue weighted by Gasteiger charge is -2.21. The second-order valence-corrected chi connectivity index (χ2v) is 7.51. The van der Waals surface area contributed by atoms with Gasteiger partial charge in [-0.1, -0.05) is 26.0 Å². The van der Waals surface area contributed by atoms with Gasteiger partial charge in [0.1, 0.15) is 0 Å². The second-order valence-electron chi connectivity index (χ2n) is 7.51. The fourth-order valence-electron chi connectivity index (χ4n) is 3.39. The average Bonchev–Trinajstić information content (AvgIpc) is 3.09. The standard InChI is InChI=1S/C21H27N5O2/c1-14(2)16-5-7-18(8-6-16)26-13-17(9-19(26)27)20(28)25(4)12-15-10-23-21(22-3)24-11-15/h5-8,10-11,14,17H,9,12-13H2,1-4H3,(H,22,23,24)/t17-/m0/s1. The van der Waals surface area contributed by atoms with Crippen LogP contribution in [0.3, 0.4) is 0 Å². The molecule has 7 heteroatoms. The molecule has 1 fully saturated rings. The summed E-state index contributed by atoms with van der Waals surface area (Å²) in [4.78, 5) is 37.0. The summed E-state index contributed by atoms with van der Waals surface area (Å²) in [6.45, 7) is 5.10. The molecule has 1 aliphatic rings. The quantitative estimate of drug-likeness (QED) is 0.832.